The maximum Gasteiger partial charge on any atom is 0.255 e. The number of amides is 1. The van der Waals surface area contributed by atoms with Gasteiger partial charge in [0.25, 0.3) is 5.91 Å². The lowest BCUT2D eigenvalue weighted by atomic mass is 9.87. The van der Waals surface area contributed by atoms with Gasteiger partial charge in [-0.3, -0.25) is 4.79 Å². The Morgan fingerprint density at radius 3 is 2.73 bits per heavy atom. The molecule has 6 N–H and O–H groups in total. The van der Waals surface area contributed by atoms with Crippen LogP contribution in [0.25, 0.3) is 15.8 Å². The molecule has 1 saturated heterocycles. The van der Waals surface area contributed by atoms with Crippen molar-refractivity contribution in [2.24, 2.45) is 11.5 Å². The molecule has 1 aliphatic rings. The van der Waals surface area contributed by atoms with E-state index in [0.717, 1.165) is 36.1 Å². The Labute approximate surface area is 158 Å². The maximum absolute atomic E-state index is 12.1. The normalized spacial score (nSPS) is 19.3. The lowest BCUT2D eigenvalue weighted by molar-refractivity contribution is -0.112. The van der Waals surface area contributed by atoms with Crippen LogP contribution in [-0.4, -0.2) is 30.0 Å². The first-order valence-corrected chi connectivity index (χ1v) is 9.75. The molecule has 6 nitrogen and oxygen atoms in total. The number of nitrogens with two attached hydrogens (primary N) is 2. The third-order valence-corrected chi connectivity index (χ3v) is 5.69. The van der Waals surface area contributed by atoms with Crippen LogP contribution in [0.2, 0.25) is 0 Å². The summed E-state index contributed by atoms with van der Waals surface area (Å²) in [5.41, 5.74) is 14.2. The first-order chi connectivity index (χ1) is 12.3. The van der Waals surface area contributed by atoms with Crippen LogP contribution in [0.1, 0.15) is 44.2 Å². The van der Waals surface area contributed by atoms with Crippen LogP contribution >= 0.6 is 11.3 Å². The molecule has 0 aliphatic carbocycles. The summed E-state index contributed by atoms with van der Waals surface area (Å²) in [4.78, 5) is 16.7. The molecule has 2 heterocycles. The van der Waals surface area contributed by atoms with Crippen LogP contribution in [0.15, 0.2) is 24.0 Å². The summed E-state index contributed by atoms with van der Waals surface area (Å²) < 4.78 is 1.01. The van der Waals surface area contributed by atoms with E-state index in [1.54, 1.807) is 0 Å². The zero-order chi connectivity index (χ0) is 18.9. The molecule has 1 fully saturated rings. The second-order valence-corrected chi connectivity index (χ2v) is 8.82. The monoisotopic (exact) mass is 373 g/mol. The average molecular weight is 374 g/mol. The number of nitrogens with zero attached hydrogens (tertiary/aromatic N) is 1. The first-order valence-electron chi connectivity index (χ1n) is 8.94. The van der Waals surface area contributed by atoms with Gasteiger partial charge in [-0.15, -0.1) is 11.3 Å². The summed E-state index contributed by atoms with van der Waals surface area (Å²) in [6.45, 7) is 8.32. The van der Waals surface area contributed by atoms with Gasteiger partial charge in [0.15, 0.2) is 0 Å². The molecule has 2 aromatic rings. The van der Waals surface area contributed by atoms with Crippen molar-refractivity contribution >= 4 is 33.0 Å². The first kappa shape index (κ1) is 18.7. The fourth-order valence-electron chi connectivity index (χ4n) is 3.12. The molecule has 0 radical (unpaired) electrons. The van der Waals surface area contributed by atoms with E-state index >= 15 is 0 Å². The predicted octanol–water partition coefficient (Wildman–Crippen LogP) is 2.05. The fourth-order valence-corrected chi connectivity index (χ4v) is 4.13. The fraction of sp³-hybridized carbons (Fsp3) is 0.474. The molecule has 0 saturated carbocycles. The molecule has 1 aliphatic heterocycles. The van der Waals surface area contributed by atoms with E-state index in [9.17, 15) is 4.79 Å². The van der Waals surface area contributed by atoms with Gasteiger partial charge in [0.05, 0.1) is 10.2 Å². The van der Waals surface area contributed by atoms with E-state index in [2.05, 4.69) is 48.5 Å². The number of hydrogen-bond donors (Lipinski definition) is 4. The number of hydrogen-bond acceptors (Lipinski definition) is 6. The number of piperidine rings is 1. The smallest absolute Gasteiger partial charge is 0.255 e. The Morgan fingerprint density at radius 1 is 1.35 bits per heavy atom. The third-order valence-electron chi connectivity index (χ3n) is 4.64. The van der Waals surface area contributed by atoms with Gasteiger partial charge in [-0.2, -0.15) is 0 Å². The Balaban J connectivity index is 1.96. The highest BCUT2D eigenvalue weighted by Crippen LogP contribution is 2.31. The Bertz CT molecular complexity index is 843. The Hall–Kier alpha value is -2.12. The van der Waals surface area contributed by atoms with Crippen LogP contribution in [0.5, 0.6) is 0 Å². The molecule has 1 aromatic heterocycles. The highest BCUT2D eigenvalue weighted by atomic mass is 32.1. The van der Waals surface area contributed by atoms with Crippen molar-refractivity contribution in [2.45, 2.75) is 45.1 Å². The molecule has 0 spiro atoms. The zero-order valence-electron chi connectivity index (χ0n) is 15.6. The topological polar surface area (TPSA) is 106 Å². The number of carbonyl (C=O) groups is 1. The molecule has 0 bridgehead atoms. The molecular formula is C19H27N5OS. The van der Waals surface area contributed by atoms with Crippen LogP contribution in [0.4, 0.5) is 0 Å². The number of fused-ring (bicyclic) bond motifs is 1. The molecular weight excluding hydrogens is 346 g/mol. The highest BCUT2D eigenvalue weighted by molar-refractivity contribution is 7.19. The standard InChI is InChI=1S/C19H27N5OS/c1-19(2,3)11-6-7-14-13(9-11)24-18(26-14)15(17(21)25)16(20)23-12-5-4-8-22-10-12/h6-7,9,12,22-23H,4-5,8,10,20H2,1-3H3,(H2,21,25)/b16-15-/t12-/m1/s1. The van der Waals surface area contributed by atoms with Gasteiger partial charge < -0.3 is 22.1 Å². The molecule has 3 rings (SSSR count). The van der Waals surface area contributed by atoms with Crippen molar-refractivity contribution in [3.05, 3.63) is 34.6 Å². The molecule has 1 atom stereocenters. The van der Waals surface area contributed by atoms with Crippen molar-refractivity contribution in [3.63, 3.8) is 0 Å². The summed E-state index contributed by atoms with van der Waals surface area (Å²) >= 11 is 1.44. The van der Waals surface area contributed by atoms with E-state index in [-0.39, 0.29) is 17.0 Å². The van der Waals surface area contributed by atoms with Gasteiger partial charge >= 0.3 is 0 Å². The van der Waals surface area contributed by atoms with E-state index < -0.39 is 5.91 Å². The van der Waals surface area contributed by atoms with Crippen molar-refractivity contribution < 1.29 is 4.79 Å². The molecule has 26 heavy (non-hydrogen) atoms. The van der Waals surface area contributed by atoms with Gasteiger partial charge in [-0.25, -0.2) is 4.98 Å². The van der Waals surface area contributed by atoms with E-state index in [1.807, 2.05) is 6.07 Å². The zero-order valence-corrected chi connectivity index (χ0v) is 16.4. The number of aromatic nitrogens is 1. The summed E-state index contributed by atoms with van der Waals surface area (Å²) in [6, 6.07) is 6.42. The summed E-state index contributed by atoms with van der Waals surface area (Å²) in [6.07, 6.45) is 2.09. The second kappa shape index (κ2) is 7.25. The quantitative estimate of drug-likeness (QED) is 0.614. The van der Waals surface area contributed by atoms with Gasteiger partial charge in [-0.1, -0.05) is 26.8 Å². The molecule has 0 unspecified atom stereocenters. The minimum atomic E-state index is -0.561. The SMILES string of the molecule is CC(C)(C)c1ccc2sc(/C(C(N)=O)=C(/N)N[C@@H]3CCCNC3)nc2c1. The predicted molar refractivity (Wildman–Crippen MR) is 108 cm³/mol. The number of carbonyl (C=O) groups excluding carboxylic acids is 1. The lowest BCUT2D eigenvalue weighted by Gasteiger charge is -2.25. The number of rotatable bonds is 4. The van der Waals surface area contributed by atoms with Gasteiger partial charge in [0.1, 0.15) is 16.4 Å². The van der Waals surface area contributed by atoms with Crippen molar-refractivity contribution in [1.82, 2.24) is 15.6 Å². The van der Waals surface area contributed by atoms with Crippen LogP contribution in [0.3, 0.4) is 0 Å². The number of nitrogens with one attached hydrogen (secondary N) is 2. The Kier molecular flexibility index (Phi) is 5.20. The van der Waals surface area contributed by atoms with Gasteiger partial charge in [-0.05, 0) is 42.5 Å². The van der Waals surface area contributed by atoms with Gasteiger partial charge in [0, 0.05) is 12.6 Å². The summed E-state index contributed by atoms with van der Waals surface area (Å²) in [7, 11) is 0. The van der Waals surface area contributed by atoms with E-state index in [0.29, 0.717) is 10.8 Å². The minimum Gasteiger partial charge on any atom is -0.385 e. The number of thiazole rings is 1. The van der Waals surface area contributed by atoms with Crippen LogP contribution < -0.4 is 22.1 Å². The third kappa shape index (κ3) is 3.99. The van der Waals surface area contributed by atoms with E-state index in [1.165, 1.54) is 16.9 Å². The van der Waals surface area contributed by atoms with Crippen molar-refractivity contribution in [2.75, 3.05) is 13.1 Å². The lowest BCUT2D eigenvalue weighted by Crippen LogP contribution is -2.44. The highest BCUT2D eigenvalue weighted by Gasteiger charge is 2.22. The van der Waals surface area contributed by atoms with Crippen molar-refractivity contribution in [1.29, 1.82) is 0 Å². The molecule has 1 amide bonds. The summed E-state index contributed by atoms with van der Waals surface area (Å²) in [5.74, 6) is -0.254. The number of primary amides is 1. The minimum absolute atomic E-state index is 0.0366. The van der Waals surface area contributed by atoms with Crippen LogP contribution in [-0.2, 0) is 10.2 Å². The Morgan fingerprint density at radius 2 is 2.12 bits per heavy atom. The number of benzene rings is 1. The van der Waals surface area contributed by atoms with Crippen LogP contribution in [0, 0.1) is 0 Å². The van der Waals surface area contributed by atoms with Gasteiger partial charge in [0.2, 0.25) is 0 Å². The summed E-state index contributed by atoms with van der Waals surface area (Å²) in [5, 5.41) is 7.12. The van der Waals surface area contributed by atoms with E-state index in [4.69, 9.17) is 11.5 Å². The molecule has 140 valence electrons. The maximum atomic E-state index is 12.1. The van der Waals surface area contributed by atoms with Crippen molar-refractivity contribution in [3.8, 4) is 0 Å². The molecule has 7 heteroatoms. The second-order valence-electron chi connectivity index (χ2n) is 7.79. The molecule has 1 aromatic carbocycles. The average Bonchev–Trinajstić information content (AvgIpc) is 2.96. The largest absolute Gasteiger partial charge is 0.385 e.